The van der Waals surface area contributed by atoms with Gasteiger partial charge in [0.25, 0.3) is 0 Å². The fourth-order valence-corrected chi connectivity index (χ4v) is 4.27. The third-order valence-corrected chi connectivity index (χ3v) is 5.30. The van der Waals surface area contributed by atoms with Crippen LogP contribution in [0.25, 0.3) is 0 Å². The molecule has 2 aromatic rings. The molecule has 6 heteroatoms. The van der Waals surface area contributed by atoms with Crippen LogP contribution in [-0.4, -0.2) is 23.2 Å². The van der Waals surface area contributed by atoms with Crippen molar-refractivity contribution in [2.45, 2.75) is 37.4 Å². The number of halogens is 2. The van der Waals surface area contributed by atoms with Gasteiger partial charge in [-0.3, -0.25) is 0 Å². The topological polar surface area (TPSA) is 58.9 Å². The summed E-state index contributed by atoms with van der Waals surface area (Å²) in [5.41, 5.74) is 2.01. The van der Waals surface area contributed by atoms with E-state index in [1.54, 1.807) is 18.2 Å². The first-order valence-corrected chi connectivity index (χ1v) is 8.56. The second-order valence-electron chi connectivity index (χ2n) is 7.12. The predicted octanol–water partition coefficient (Wildman–Crippen LogP) is 4.51. The number of phenolic OH excluding ortho intramolecular Hbond substituents is 2. The van der Waals surface area contributed by atoms with Gasteiger partial charge >= 0.3 is 0 Å². The van der Waals surface area contributed by atoms with Crippen LogP contribution in [0.2, 0.25) is 0 Å². The van der Waals surface area contributed by atoms with E-state index in [2.05, 4.69) is 0 Å². The van der Waals surface area contributed by atoms with Crippen molar-refractivity contribution < 1.29 is 28.5 Å². The van der Waals surface area contributed by atoms with Gasteiger partial charge in [0.15, 0.2) is 0 Å². The lowest BCUT2D eigenvalue weighted by atomic mass is 9.79. The van der Waals surface area contributed by atoms with Crippen molar-refractivity contribution in [2.24, 2.45) is 5.92 Å². The molecule has 0 saturated heterocycles. The SMILES string of the molecule is COCc1cc(O)cc2c1OC(c1ccc(O)cc1)[C@@H]1CC(F)(F)CC21. The lowest BCUT2D eigenvalue weighted by molar-refractivity contribution is -0.00246. The lowest BCUT2D eigenvalue weighted by Crippen LogP contribution is -2.27. The van der Waals surface area contributed by atoms with Crippen LogP contribution in [0, 0.1) is 5.92 Å². The van der Waals surface area contributed by atoms with Crippen LogP contribution < -0.4 is 4.74 Å². The van der Waals surface area contributed by atoms with E-state index in [0.717, 1.165) is 5.56 Å². The maximum absolute atomic E-state index is 14.3. The molecule has 4 nitrogen and oxygen atoms in total. The summed E-state index contributed by atoms with van der Waals surface area (Å²) in [6.07, 6.45) is -1.07. The number of rotatable bonds is 3. The van der Waals surface area contributed by atoms with Crippen LogP contribution in [0.1, 0.15) is 41.6 Å². The molecule has 2 unspecified atom stereocenters. The molecule has 1 saturated carbocycles. The molecule has 26 heavy (non-hydrogen) atoms. The zero-order chi connectivity index (χ0) is 18.5. The Kier molecular flexibility index (Phi) is 4.03. The maximum Gasteiger partial charge on any atom is 0.249 e. The molecule has 2 aliphatic rings. The molecule has 2 aromatic carbocycles. The number of phenols is 2. The van der Waals surface area contributed by atoms with Crippen molar-refractivity contribution in [3.05, 3.63) is 53.1 Å². The van der Waals surface area contributed by atoms with Crippen molar-refractivity contribution in [3.63, 3.8) is 0 Å². The zero-order valence-electron chi connectivity index (χ0n) is 14.3. The summed E-state index contributed by atoms with van der Waals surface area (Å²) in [5.74, 6) is -2.93. The number of hydrogen-bond acceptors (Lipinski definition) is 4. The monoisotopic (exact) mass is 362 g/mol. The molecule has 0 aromatic heterocycles. The number of ether oxygens (including phenoxy) is 2. The first-order valence-electron chi connectivity index (χ1n) is 8.56. The Labute approximate surface area is 150 Å². The van der Waals surface area contributed by atoms with Gasteiger partial charge in [0.1, 0.15) is 23.4 Å². The molecule has 3 atom stereocenters. The third kappa shape index (κ3) is 2.88. The van der Waals surface area contributed by atoms with E-state index < -0.39 is 23.9 Å². The summed E-state index contributed by atoms with van der Waals surface area (Å²) in [7, 11) is 1.53. The van der Waals surface area contributed by atoms with Crippen molar-refractivity contribution in [2.75, 3.05) is 7.11 Å². The molecule has 0 bridgehead atoms. The van der Waals surface area contributed by atoms with Gasteiger partial charge in [-0.1, -0.05) is 12.1 Å². The molecular formula is C20H20F2O4. The van der Waals surface area contributed by atoms with Crippen LogP contribution >= 0.6 is 0 Å². The molecule has 0 radical (unpaired) electrons. The quantitative estimate of drug-likeness (QED) is 0.844. The predicted molar refractivity (Wildman–Crippen MR) is 90.7 cm³/mol. The Morgan fingerprint density at radius 1 is 1.12 bits per heavy atom. The van der Waals surface area contributed by atoms with E-state index in [4.69, 9.17) is 9.47 Å². The van der Waals surface area contributed by atoms with Crippen molar-refractivity contribution >= 4 is 0 Å². The van der Waals surface area contributed by atoms with E-state index in [0.29, 0.717) is 16.9 Å². The van der Waals surface area contributed by atoms with E-state index in [1.807, 2.05) is 0 Å². The van der Waals surface area contributed by atoms with Gasteiger partial charge in [0.05, 0.1) is 6.61 Å². The van der Waals surface area contributed by atoms with E-state index in [9.17, 15) is 19.0 Å². The summed E-state index contributed by atoms with van der Waals surface area (Å²) in [5, 5.41) is 19.6. The number of methoxy groups -OCH3 is 1. The van der Waals surface area contributed by atoms with E-state index >= 15 is 0 Å². The lowest BCUT2D eigenvalue weighted by Gasteiger charge is -2.37. The first kappa shape index (κ1) is 17.1. The minimum atomic E-state index is -2.78. The smallest absolute Gasteiger partial charge is 0.249 e. The highest BCUT2D eigenvalue weighted by atomic mass is 19.3. The summed E-state index contributed by atoms with van der Waals surface area (Å²) >= 11 is 0. The molecule has 0 spiro atoms. The minimum absolute atomic E-state index is 0.0245. The maximum atomic E-state index is 14.3. The van der Waals surface area contributed by atoms with Crippen LogP contribution in [-0.2, 0) is 11.3 Å². The van der Waals surface area contributed by atoms with Gasteiger partial charge in [-0.25, -0.2) is 8.78 Å². The first-order chi connectivity index (χ1) is 12.4. The number of fused-ring (bicyclic) bond motifs is 3. The van der Waals surface area contributed by atoms with Gasteiger partial charge in [-0.2, -0.15) is 0 Å². The molecule has 0 amide bonds. The highest BCUT2D eigenvalue weighted by Gasteiger charge is 2.53. The summed E-state index contributed by atoms with van der Waals surface area (Å²) in [6, 6.07) is 9.54. The molecule has 1 heterocycles. The average Bonchev–Trinajstić information content (AvgIpc) is 2.91. The number of aromatic hydroxyl groups is 2. The van der Waals surface area contributed by atoms with Crippen molar-refractivity contribution in [1.82, 2.24) is 0 Å². The fraction of sp³-hybridized carbons (Fsp3) is 0.400. The Hall–Kier alpha value is -2.34. The highest BCUT2D eigenvalue weighted by molar-refractivity contribution is 5.51. The molecule has 4 rings (SSSR count). The molecular weight excluding hydrogens is 342 g/mol. The number of alkyl halides is 2. The number of benzene rings is 2. The summed E-state index contributed by atoms with van der Waals surface area (Å²) < 4.78 is 39.9. The van der Waals surface area contributed by atoms with Crippen molar-refractivity contribution in [3.8, 4) is 17.2 Å². The van der Waals surface area contributed by atoms with Gasteiger partial charge in [0.2, 0.25) is 5.92 Å². The van der Waals surface area contributed by atoms with Gasteiger partial charge in [-0.05, 0) is 29.8 Å². The van der Waals surface area contributed by atoms with Crippen LogP contribution in [0.5, 0.6) is 17.2 Å². The highest BCUT2D eigenvalue weighted by Crippen LogP contribution is 2.59. The van der Waals surface area contributed by atoms with Gasteiger partial charge in [0, 0.05) is 42.9 Å². The van der Waals surface area contributed by atoms with E-state index in [-0.39, 0.29) is 30.9 Å². The van der Waals surface area contributed by atoms with E-state index in [1.165, 1.54) is 25.3 Å². The molecule has 1 aliphatic carbocycles. The van der Waals surface area contributed by atoms with Gasteiger partial charge in [-0.15, -0.1) is 0 Å². The Morgan fingerprint density at radius 3 is 2.54 bits per heavy atom. The second-order valence-corrected chi connectivity index (χ2v) is 7.12. The van der Waals surface area contributed by atoms with Crippen LogP contribution in [0.15, 0.2) is 36.4 Å². The average molecular weight is 362 g/mol. The van der Waals surface area contributed by atoms with Crippen molar-refractivity contribution in [1.29, 1.82) is 0 Å². The minimum Gasteiger partial charge on any atom is -0.508 e. The Morgan fingerprint density at radius 2 is 1.85 bits per heavy atom. The fourth-order valence-electron chi connectivity index (χ4n) is 4.27. The standard InChI is InChI=1S/C20H20F2O4/c1-25-10-12-6-14(24)7-15-16-8-20(21,22)9-17(16)18(26-19(12)15)11-2-4-13(23)5-3-11/h2-7,16-18,23-24H,8-10H2,1H3/t16?,17-,18?/m1/s1. The zero-order valence-corrected chi connectivity index (χ0v) is 14.3. The Bertz CT molecular complexity index is 819. The Balaban J connectivity index is 1.83. The molecule has 1 aliphatic heterocycles. The van der Waals surface area contributed by atoms with Gasteiger partial charge < -0.3 is 19.7 Å². The molecule has 138 valence electrons. The third-order valence-electron chi connectivity index (χ3n) is 5.30. The number of hydrogen-bond donors (Lipinski definition) is 2. The largest absolute Gasteiger partial charge is 0.508 e. The normalized spacial score (nSPS) is 26.0. The summed E-state index contributed by atoms with van der Waals surface area (Å²) in [4.78, 5) is 0. The second kappa shape index (κ2) is 6.13. The molecule has 1 fully saturated rings. The summed E-state index contributed by atoms with van der Waals surface area (Å²) in [6.45, 7) is 0.215. The molecule has 2 N–H and O–H groups in total. The van der Waals surface area contributed by atoms with Crippen LogP contribution in [0.4, 0.5) is 8.78 Å². The van der Waals surface area contributed by atoms with Crippen LogP contribution in [0.3, 0.4) is 0 Å².